The summed E-state index contributed by atoms with van der Waals surface area (Å²) in [5.41, 5.74) is 0.789. The maximum absolute atomic E-state index is 5.66. The lowest BCUT2D eigenvalue weighted by Gasteiger charge is -2.04. The summed E-state index contributed by atoms with van der Waals surface area (Å²) in [4.78, 5) is 7.83. The molecule has 0 aliphatic carbocycles. The zero-order valence-corrected chi connectivity index (χ0v) is 9.79. The SMILES string of the molecule is Clc1ncc(Br)c(NCc2ccon2)n1. The molecule has 5 nitrogen and oxygen atoms in total. The van der Waals surface area contributed by atoms with Gasteiger partial charge in [-0.15, -0.1) is 0 Å². The van der Waals surface area contributed by atoms with E-state index in [9.17, 15) is 0 Å². The Labute approximate surface area is 99.0 Å². The molecule has 0 aliphatic rings. The van der Waals surface area contributed by atoms with Gasteiger partial charge in [-0.25, -0.2) is 4.98 Å². The van der Waals surface area contributed by atoms with E-state index < -0.39 is 0 Å². The largest absolute Gasteiger partial charge is 0.364 e. The Bertz CT molecular complexity index is 448. The van der Waals surface area contributed by atoms with Crippen LogP contribution in [0.15, 0.2) is 27.5 Å². The lowest BCUT2D eigenvalue weighted by Crippen LogP contribution is -2.03. The van der Waals surface area contributed by atoms with Crippen LogP contribution in [0, 0.1) is 0 Å². The number of rotatable bonds is 3. The summed E-state index contributed by atoms with van der Waals surface area (Å²) in [5, 5.41) is 7.00. The molecule has 7 heteroatoms. The van der Waals surface area contributed by atoms with Crippen LogP contribution in [-0.4, -0.2) is 15.1 Å². The lowest BCUT2D eigenvalue weighted by molar-refractivity contribution is 0.412. The van der Waals surface area contributed by atoms with Crippen molar-refractivity contribution in [3.63, 3.8) is 0 Å². The second-order valence-electron chi connectivity index (χ2n) is 2.68. The van der Waals surface area contributed by atoms with Gasteiger partial charge in [0.1, 0.15) is 17.8 Å². The van der Waals surface area contributed by atoms with Crippen LogP contribution in [0.4, 0.5) is 5.82 Å². The number of halogens is 2. The van der Waals surface area contributed by atoms with Crippen LogP contribution in [0.3, 0.4) is 0 Å². The molecule has 2 heterocycles. The summed E-state index contributed by atoms with van der Waals surface area (Å²) in [6.07, 6.45) is 3.10. The Morgan fingerprint density at radius 1 is 1.53 bits per heavy atom. The minimum Gasteiger partial charge on any atom is -0.364 e. The molecule has 0 fully saturated rings. The van der Waals surface area contributed by atoms with Crippen LogP contribution < -0.4 is 5.32 Å². The minimum atomic E-state index is 0.195. The molecule has 2 aromatic heterocycles. The fraction of sp³-hybridized carbons (Fsp3) is 0.125. The number of nitrogens with one attached hydrogen (secondary N) is 1. The zero-order valence-electron chi connectivity index (χ0n) is 7.44. The van der Waals surface area contributed by atoms with Crippen molar-refractivity contribution in [1.82, 2.24) is 15.1 Å². The number of nitrogens with zero attached hydrogens (tertiary/aromatic N) is 3. The van der Waals surface area contributed by atoms with Crippen LogP contribution in [-0.2, 0) is 6.54 Å². The highest BCUT2D eigenvalue weighted by Crippen LogP contribution is 2.20. The maximum Gasteiger partial charge on any atom is 0.224 e. The molecule has 0 unspecified atom stereocenters. The first-order chi connectivity index (χ1) is 7.25. The highest BCUT2D eigenvalue weighted by molar-refractivity contribution is 9.10. The van der Waals surface area contributed by atoms with Crippen molar-refractivity contribution in [2.45, 2.75) is 6.54 Å². The summed E-state index contributed by atoms with van der Waals surface area (Å²) < 4.78 is 5.44. The van der Waals surface area contributed by atoms with Gasteiger partial charge >= 0.3 is 0 Å². The molecular weight excluding hydrogens is 283 g/mol. The first-order valence-corrected chi connectivity index (χ1v) is 5.24. The van der Waals surface area contributed by atoms with Crippen molar-refractivity contribution >= 4 is 33.3 Å². The molecule has 2 rings (SSSR count). The van der Waals surface area contributed by atoms with Gasteiger partial charge < -0.3 is 9.84 Å². The lowest BCUT2D eigenvalue weighted by atomic mass is 10.4. The quantitative estimate of drug-likeness (QED) is 0.880. The van der Waals surface area contributed by atoms with Gasteiger partial charge in [0.25, 0.3) is 0 Å². The maximum atomic E-state index is 5.66. The van der Waals surface area contributed by atoms with E-state index in [1.54, 1.807) is 12.3 Å². The van der Waals surface area contributed by atoms with Crippen molar-refractivity contribution < 1.29 is 4.52 Å². The van der Waals surface area contributed by atoms with E-state index in [1.165, 1.54) is 6.26 Å². The minimum absolute atomic E-state index is 0.195. The van der Waals surface area contributed by atoms with Crippen molar-refractivity contribution in [3.05, 3.63) is 34.0 Å². The predicted octanol–water partition coefficient (Wildman–Crippen LogP) is 2.49. The van der Waals surface area contributed by atoms with Gasteiger partial charge in [-0.1, -0.05) is 5.16 Å². The Hall–Kier alpha value is -1.14. The monoisotopic (exact) mass is 288 g/mol. The molecular formula is C8H6BrClN4O. The van der Waals surface area contributed by atoms with E-state index in [4.69, 9.17) is 16.1 Å². The van der Waals surface area contributed by atoms with E-state index in [2.05, 4.69) is 36.4 Å². The zero-order chi connectivity index (χ0) is 10.7. The number of aromatic nitrogens is 3. The van der Waals surface area contributed by atoms with Crippen LogP contribution >= 0.6 is 27.5 Å². The van der Waals surface area contributed by atoms with E-state index in [-0.39, 0.29) is 5.28 Å². The summed E-state index contributed by atoms with van der Waals surface area (Å²) in [5.74, 6) is 0.623. The van der Waals surface area contributed by atoms with Gasteiger partial charge in [0.2, 0.25) is 5.28 Å². The molecule has 2 aromatic rings. The topological polar surface area (TPSA) is 63.8 Å². The Kier molecular flexibility index (Phi) is 3.17. The fourth-order valence-corrected chi connectivity index (χ4v) is 1.44. The third kappa shape index (κ3) is 2.66. The van der Waals surface area contributed by atoms with E-state index in [0.717, 1.165) is 10.2 Å². The molecule has 0 saturated carbocycles. The second kappa shape index (κ2) is 4.59. The van der Waals surface area contributed by atoms with E-state index >= 15 is 0 Å². The van der Waals surface area contributed by atoms with Crippen molar-refractivity contribution in [2.24, 2.45) is 0 Å². The first kappa shape index (κ1) is 10.4. The van der Waals surface area contributed by atoms with E-state index in [0.29, 0.717) is 12.4 Å². The molecule has 0 spiro atoms. The number of anilines is 1. The highest BCUT2D eigenvalue weighted by atomic mass is 79.9. The molecule has 0 saturated heterocycles. The van der Waals surface area contributed by atoms with Crippen molar-refractivity contribution in [2.75, 3.05) is 5.32 Å². The van der Waals surface area contributed by atoms with Gasteiger partial charge in [-0.2, -0.15) is 4.98 Å². The molecule has 0 aliphatic heterocycles. The van der Waals surface area contributed by atoms with Gasteiger partial charge in [0.05, 0.1) is 11.0 Å². The third-order valence-electron chi connectivity index (χ3n) is 1.64. The number of hydrogen-bond donors (Lipinski definition) is 1. The smallest absolute Gasteiger partial charge is 0.224 e. The summed E-state index contributed by atoms with van der Waals surface area (Å²) in [6, 6.07) is 1.77. The fourth-order valence-electron chi connectivity index (χ4n) is 0.973. The molecule has 1 N–H and O–H groups in total. The molecule has 0 atom stereocenters. The third-order valence-corrected chi connectivity index (χ3v) is 2.41. The Morgan fingerprint density at radius 2 is 2.40 bits per heavy atom. The molecule has 0 aromatic carbocycles. The van der Waals surface area contributed by atoms with Crippen LogP contribution in [0.1, 0.15) is 5.69 Å². The highest BCUT2D eigenvalue weighted by Gasteiger charge is 2.04. The Balaban J connectivity index is 2.07. The van der Waals surface area contributed by atoms with Crippen molar-refractivity contribution in [1.29, 1.82) is 0 Å². The number of hydrogen-bond acceptors (Lipinski definition) is 5. The summed E-state index contributed by atoms with van der Waals surface area (Å²) in [6.45, 7) is 0.516. The standard InChI is InChI=1S/C8H6BrClN4O/c9-6-4-12-8(10)13-7(6)11-3-5-1-2-15-14-5/h1-2,4H,3H2,(H,11,12,13). The van der Waals surface area contributed by atoms with Crippen LogP contribution in [0.5, 0.6) is 0 Å². The second-order valence-corrected chi connectivity index (χ2v) is 3.87. The summed E-state index contributed by atoms with van der Waals surface area (Å²) in [7, 11) is 0. The van der Waals surface area contributed by atoms with Gasteiger partial charge in [-0.05, 0) is 27.5 Å². The van der Waals surface area contributed by atoms with Gasteiger partial charge in [0, 0.05) is 12.3 Å². The van der Waals surface area contributed by atoms with Gasteiger partial charge in [-0.3, -0.25) is 0 Å². The van der Waals surface area contributed by atoms with Crippen LogP contribution in [0.2, 0.25) is 5.28 Å². The molecule has 0 radical (unpaired) electrons. The predicted molar refractivity (Wildman–Crippen MR) is 58.6 cm³/mol. The van der Waals surface area contributed by atoms with E-state index in [1.807, 2.05) is 0 Å². The average molecular weight is 290 g/mol. The summed E-state index contributed by atoms with van der Waals surface area (Å²) >= 11 is 8.96. The van der Waals surface area contributed by atoms with Crippen LogP contribution in [0.25, 0.3) is 0 Å². The molecule has 0 bridgehead atoms. The first-order valence-electron chi connectivity index (χ1n) is 4.07. The molecule has 0 amide bonds. The molecule has 78 valence electrons. The Morgan fingerprint density at radius 3 is 3.13 bits per heavy atom. The van der Waals surface area contributed by atoms with Crippen molar-refractivity contribution in [3.8, 4) is 0 Å². The average Bonchev–Trinajstić information content (AvgIpc) is 2.72. The normalized spacial score (nSPS) is 10.3. The molecule has 15 heavy (non-hydrogen) atoms. The van der Waals surface area contributed by atoms with Gasteiger partial charge in [0.15, 0.2) is 0 Å².